The molecule has 0 rings (SSSR count). The van der Waals surface area contributed by atoms with Gasteiger partial charge in [0.2, 0.25) is 11.8 Å². The molecule has 0 aliphatic heterocycles. The molecule has 0 fully saturated rings. The number of likely N-dealkylation sites (N-methyl/N-ethyl adjacent to an activating group) is 1. The van der Waals surface area contributed by atoms with Gasteiger partial charge >= 0.3 is 5.97 Å². The minimum absolute atomic E-state index is 0.0160. The van der Waals surface area contributed by atoms with Crippen LogP contribution in [0.4, 0.5) is 0 Å². The second kappa shape index (κ2) is 12.7. The molecule has 0 aromatic heterocycles. The van der Waals surface area contributed by atoms with Crippen LogP contribution in [0.3, 0.4) is 0 Å². The molecule has 0 unspecified atom stereocenters. The molecule has 0 aromatic rings. The number of hydrogen-bond acceptors (Lipinski definition) is 5. The number of nitrogens with one attached hydrogen (secondary N) is 1. The van der Waals surface area contributed by atoms with Crippen molar-refractivity contribution in [2.24, 2.45) is 17.1 Å². The average Bonchev–Trinajstić information content (AvgIpc) is 2.77. The lowest BCUT2D eigenvalue weighted by atomic mass is 9.72. The first kappa shape index (κ1) is 29.8. The molecule has 0 spiro atoms. The van der Waals surface area contributed by atoms with Crippen LogP contribution in [0.2, 0.25) is 0 Å². The van der Waals surface area contributed by atoms with Crippen molar-refractivity contribution >= 4 is 23.6 Å². The van der Waals surface area contributed by atoms with Crippen LogP contribution in [0.1, 0.15) is 80.6 Å². The van der Waals surface area contributed by atoms with Gasteiger partial charge in [-0.3, -0.25) is 14.4 Å². The van der Waals surface area contributed by atoms with Crippen molar-refractivity contribution in [1.82, 2.24) is 10.2 Å². The zero-order valence-corrected chi connectivity index (χ0v) is 21.1. The fraction of sp³-hybridized carbons (Fsp3) is 0.750. The smallest absolute Gasteiger partial charge is 0.331 e. The lowest BCUT2D eigenvalue weighted by Gasteiger charge is -2.34. The van der Waals surface area contributed by atoms with Crippen molar-refractivity contribution in [2.45, 2.75) is 92.2 Å². The molecule has 8 heteroatoms. The Hall–Kier alpha value is -2.22. The Morgan fingerprint density at radius 1 is 1.03 bits per heavy atom. The molecular formula is C24H43N3O5. The molecule has 0 radical (unpaired) electrons. The minimum Gasteiger partial charge on any atom is -0.478 e. The Balaban J connectivity index is 5.46. The maximum Gasteiger partial charge on any atom is 0.331 e. The third-order valence-electron chi connectivity index (χ3n) is 6.83. The first-order valence-electron chi connectivity index (χ1n) is 11.5. The Morgan fingerprint density at radius 3 is 1.91 bits per heavy atom. The van der Waals surface area contributed by atoms with Gasteiger partial charge in [-0.15, -0.1) is 0 Å². The van der Waals surface area contributed by atoms with Crippen molar-refractivity contribution < 1.29 is 24.3 Å². The number of carbonyl (C=O) groups excluding carboxylic acids is 3. The van der Waals surface area contributed by atoms with Crippen LogP contribution in [-0.2, 0) is 19.2 Å². The van der Waals surface area contributed by atoms with Gasteiger partial charge < -0.3 is 21.1 Å². The molecule has 184 valence electrons. The van der Waals surface area contributed by atoms with Gasteiger partial charge in [-0.2, -0.15) is 0 Å². The van der Waals surface area contributed by atoms with Gasteiger partial charge in [-0.1, -0.05) is 47.6 Å². The van der Waals surface area contributed by atoms with Crippen LogP contribution in [0.15, 0.2) is 11.6 Å². The van der Waals surface area contributed by atoms with Crippen molar-refractivity contribution in [3.63, 3.8) is 0 Å². The fourth-order valence-corrected chi connectivity index (χ4v) is 3.74. The zero-order chi connectivity index (χ0) is 25.3. The summed E-state index contributed by atoms with van der Waals surface area (Å²) in [6.07, 6.45) is 3.47. The number of aliphatic carboxylic acids is 1. The molecule has 1 atom stereocenters. The van der Waals surface area contributed by atoms with Crippen molar-refractivity contribution in [3.8, 4) is 0 Å². The van der Waals surface area contributed by atoms with Gasteiger partial charge in [-0.25, -0.2) is 4.79 Å². The summed E-state index contributed by atoms with van der Waals surface area (Å²) >= 11 is 0. The Morgan fingerprint density at radius 2 is 1.53 bits per heavy atom. The van der Waals surface area contributed by atoms with Crippen LogP contribution in [0.5, 0.6) is 0 Å². The van der Waals surface area contributed by atoms with Gasteiger partial charge in [0, 0.05) is 19.0 Å². The largest absolute Gasteiger partial charge is 0.478 e. The second-order valence-corrected chi connectivity index (χ2v) is 9.03. The Bertz CT molecular complexity index is 706. The normalized spacial score (nSPS) is 13.6. The summed E-state index contributed by atoms with van der Waals surface area (Å²) in [4.78, 5) is 51.4. The van der Waals surface area contributed by atoms with Gasteiger partial charge in [0.1, 0.15) is 0 Å². The molecule has 0 aliphatic rings. The van der Waals surface area contributed by atoms with Crippen molar-refractivity contribution in [3.05, 3.63) is 11.6 Å². The highest BCUT2D eigenvalue weighted by molar-refractivity contribution is 5.95. The fourth-order valence-electron chi connectivity index (χ4n) is 3.74. The summed E-state index contributed by atoms with van der Waals surface area (Å²) in [5.74, 6) is -1.88. The summed E-state index contributed by atoms with van der Waals surface area (Å²) in [7, 11) is 1.59. The molecule has 8 nitrogen and oxygen atoms in total. The van der Waals surface area contributed by atoms with Gasteiger partial charge in [0.15, 0.2) is 5.78 Å². The molecule has 32 heavy (non-hydrogen) atoms. The highest BCUT2D eigenvalue weighted by atomic mass is 16.4. The summed E-state index contributed by atoms with van der Waals surface area (Å²) in [6, 6.07) is -0.425. The van der Waals surface area contributed by atoms with Crippen molar-refractivity contribution in [1.29, 1.82) is 0 Å². The van der Waals surface area contributed by atoms with Crippen LogP contribution in [-0.4, -0.2) is 58.7 Å². The predicted octanol–water partition coefficient (Wildman–Crippen LogP) is 2.90. The summed E-state index contributed by atoms with van der Waals surface area (Å²) in [6.45, 7) is 12.5. The molecule has 0 bridgehead atoms. The third kappa shape index (κ3) is 7.43. The average molecular weight is 454 g/mol. The second-order valence-electron chi connectivity index (χ2n) is 9.03. The van der Waals surface area contributed by atoms with Crippen molar-refractivity contribution in [2.75, 3.05) is 13.6 Å². The van der Waals surface area contributed by atoms with E-state index < -0.39 is 23.0 Å². The number of nitrogens with zero attached hydrogens (tertiary/aromatic N) is 1. The number of rotatable bonds is 14. The lowest BCUT2D eigenvalue weighted by Crippen LogP contribution is -2.52. The van der Waals surface area contributed by atoms with Gasteiger partial charge in [0.05, 0.1) is 23.5 Å². The molecule has 0 saturated carbocycles. The standard InChI is InChI=1S/C24H43N3O5/c1-9-23(10-2,14-19(28)24(25,11-3)12-4)22(32)26-15-20(29)27(8)18(16(5)6)13-17(7)21(30)31/h13,16,18H,9-12,14-15,25H2,1-8H3,(H,26,32)(H,30,31)/b17-13+/t18-/m1/s1. The zero-order valence-electron chi connectivity index (χ0n) is 21.1. The van der Waals surface area contributed by atoms with Crippen LogP contribution < -0.4 is 11.1 Å². The molecular weight excluding hydrogens is 410 g/mol. The topological polar surface area (TPSA) is 130 Å². The predicted molar refractivity (Wildman–Crippen MR) is 126 cm³/mol. The summed E-state index contributed by atoms with van der Waals surface area (Å²) in [5.41, 5.74) is 4.52. The highest BCUT2D eigenvalue weighted by Gasteiger charge is 2.42. The number of hydrogen-bond donors (Lipinski definition) is 3. The number of carboxylic acid groups (broad SMARTS) is 1. The molecule has 4 N–H and O–H groups in total. The first-order valence-corrected chi connectivity index (χ1v) is 11.5. The Kier molecular flexibility index (Phi) is 11.8. The number of carboxylic acids is 1. The van der Waals surface area contributed by atoms with E-state index in [1.165, 1.54) is 11.8 Å². The van der Waals surface area contributed by atoms with E-state index in [1.54, 1.807) is 13.1 Å². The monoisotopic (exact) mass is 453 g/mol. The maximum absolute atomic E-state index is 13.1. The van der Waals surface area contributed by atoms with E-state index in [1.807, 2.05) is 41.5 Å². The number of Topliss-reactive ketones (excluding diaryl/α,β-unsaturated/α-hetero) is 1. The number of nitrogens with two attached hydrogens (primary N) is 1. The SMILES string of the molecule is CCC(N)(CC)C(=O)CC(CC)(CC)C(=O)NCC(=O)N(C)[C@H](/C=C(\C)C(=O)O)C(C)C. The van der Waals surface area contributed by atoms with Crippen LogP contribution >= 0.6 is 0 Å². The molecule has 0 saturated heterocycles. The van der Waals surface area contributed by atoms with Crippen LogP contribution in [0.25, 0.3) is 0 Å². The number of carbonyl (C=O) groups is 4. The maximum atomic E-state index is 13.1. The quantitative estimate of drug-likeness (QED) is 0.347. The molecule has 0 heterocycles. The van der Waals surface area contributed by atoms with E-state index in [2.05, 4.69) is 5.32 Å². The Labute approximate surface area is 193 Å². The number of amides is 2. The first-order chi connectivity index (χ1) is 14.7. The lowest BCUT2D eigenvalue weighted by molar-refractivity contribution is -0.140. The van der Waals surface area contributed by atoms with Gasteiger partial charge in [0.25, 0.3) is 0 Å². The number of ketones is 1. The van der Waals surface area contributed by atoms with E-state index in [-0.39, 0.29) is 42.1 Å². The summed E-state index contributed by atoms with van der Waals surface area (Å²) < 4.78 is 0. The van der Waals surface area contributed by atoms with Crippen LogP contribution in [0, 0.1) is 11.3 Å². The molecule has 0 aromatic carbocycles. The minimum atomic E-state index is -1.04. The van der Waals surface area contributed by atoms with E-state index in [9.17, 15) is 19.2 Å². The van der Waals surface area contributed by atoms with E-state index in [0.717, 1.165) is 0 Å². The van der Waals surface area contributed by atoms with Gasteiger partial charge in [-0.05, 0) is 38.5 Å². The summed E-state index contributed by atoms with van der Waals surface area (Å²) in [5, 5.41) is 11.9. The molecule has 2 amide bonds. The highest BCUT2D eigenvalue weighted by Crippen LogP contribution is 2.34. The van der Waals surface area contributed by atoms with E-state index >= 15 is 0 Å². The van der Waals surface area contributed by atoms with E-state index in [0.29, 0.717) is 25.7 Å². The molecule has 0 aliphatic carbocycles. The third-order valence-corrected chi connectivity index (χ3v) is 6.83. The van der Waals surface area contributed by atoms with E-state index in [4.69, 9.17) is 10.8 Å².